The van der Waals surface area contributed by atoms with Crippen LogP contribution >= 0.6 is 0 Å². The predicted molar refractivity (Wildman–Crippen MR) is 129 cm³/mol. The maximum Gasteiger partial charge on any atom is 0.248 e. The molecule has 0 radical (unpaired) electrons. The van der Waals surface area contributed by atoms with Crippen LogP contribution < -0.4 is 20.5 Å². The van der Waals surface area contributed by atoms with E-state index in [1.807, 2.05) is 66.7 Å². The minimum atomic E-state index is -0.629. The highest BCUT2D eigenvalue weighted by molar-refractivity contribution is 5.92. The van der Waals surface area contributed by atoms with Crippen LogP contribution in [0.25, 0.3) is 0 Å². The summed E-state index contributed by atoms with van der Waals surface area (Å²) in [5.74, 6) is 0.966. The van der Waals surface area contributed by atoms with Gasteiger partial charge in [0.15, 0.2) is 0 Å². The zero-order valence-electron chi connectivity index (χ0n) is 18.9. The number of aliphatic hydroxyl groups is 1. The van der Waals surface area contributed by atoms with Crippen molar-refractivity contribution in [2.45, 2.75) is 38.5 Å². The Morgan fingerprint density at radius 3 is 2.33 bits per heavy atom. The lowest BCUT2D eigenvalue weighted by atomic mass is 10.0. The van der Waals surface area contributed by atoms with Crippen molar-refractivity contribution in [3.05, 3.63) is 95.6 Å². The molecule has 0 aliphatic heterocycles. The Bertz CT molecular complexity index is 993. The lowest BCUT2D eigenvalue weighted by Crippen LogP contribution is -2.36. The van der Waals surface area contributed by atoms with Crippen LogP contribution in [0.15, 0.2) is 78.9 Å². The van der Waals surface area contributed by atoms with Crippen LogP contribution in [0.1, 0.15) is 34.8 Å². The fraction of sp³-hybridized carbons (Fsp3) is 0.296. The zero-order chi connectivity index (χ0) is 23.5. The Balaban J connectivity index is 1.35. The summed E-state index contributed by atoms with van der Waals surface area (Å²) in [6, 6.07) is 25.0. The van der Waals surface area contributed by atoms with E-state index in [1.165, 1.54) is 0 Å². The van der Waals surface area contributed by atoms with E-state index >= 15 is 0 Å². The number of hydrogen-bond acceptors (Lipinski definition) is 5. The van der Waals surface area contributed by atoms with E-state index in [0.717, 1.165) is 29.7 Å². The van der Waals surface area contributed by atoms with E-state index in [-0.39, 0.29) is 12.6 Å². The van der Waals surface area contributed by atoms with E-state index < -0.39 is 12.0 Å². The Morgan fingerprint density at radius 1 is 0.939 bits per heavy atom. The molecule has 0 spiro atoms. The second-order valence-corrected chi connectivity index (χ2v) is 8.12. The molecule has 1 unspecified atom stereocenters. The summed E-state index contributed by atoms with van der Waals surface area (Å²) in [7, 11) is 0. The summed E-state index contributed by atoms with van der Waals surface area (Å²) in [4.78, 5) is 11.1. The molecule has 3 aromatic carbocycles. The van der Waals surface area contributed by atoms with Gasteiger partial charge in [0, 0.05) is 24.2 Å². The average molecular weight is 449 g/mol. The SMILES string of the molecule is C[C@H](CCc1ccc(C(N)=O)cc1)NCC(O)COc1cccc(OCc2ccccc2)c1. The number of amides is 1. The number of nitrogens with two attached hydrogens (primary N) is 1. The maximum atomic E-state index is 11.1. The first-order valence-electron chi connectivity index (χ1n) is 11.2. The number of primary amides is 1. The molecule has 2 atom stereocenters. The fourth-order valence-electron chi connectivity index (χ4n) is 3.30. The van der Waals surface area contributed by atoms with Gasteiger partial charge in [-0.15, -0.1) is 0 Å². The summed E-state index contributed by atoms with van der Waals surface area (Å²) in [6.45, 7) is 3.20. The van der Waals surface area contributed by atoms with Crippen LogP contribution in [0.4, 0.5) is 0 Å². The summed E-state index contributed by atoms with van der Waals surface area (Å²) in [5.41, 5.74) is 8.03. The summed E-state index contributed by atoms with van der Waals surface area (Å²) < 4.78 is 11.6. The molecular weight excluding hydrogens is 416 g/mol. The van der Waals surface area contributed by atoms with Crippen LogP contribution in [0.2, 0.25) is 0 Å². The van der Waals surface area contributed by atoms with Crippen molar-refractivity contribution in [2.24, 2.45) is 5.73 Å². The van der Waals surface area contributed by atoms with E-state index in [1.54, 1.807) is 12.1 Å². The smallest absolute Gasteiger partial charge is 0.248 e. The average Bonchev–Trinajstić information content (AvgIpc) is 2.85. The molecule has 0 fully saturated rings. The van der Waals surface area contributed by atoms with E-state index in [4.69, 9.17) is 15.2 Å². The molecule has 4 N–H and O–H groups in total. The minimum Gasteiger partial charge on any atom is -0.491 e. The highest BCUT2D eigenvalue weighted by atomic mass is 16.5. The van der Waals surface area contributed by atoms with Crippen LogP contribution in [-0.4, -0.2) is 36.3 Å². The zero-order valence-corrected chi connectivity index (χ0v) is 18.9. The molecule has 3 aromatic rings. The van der Waals surface area contributed by atoms with Crippen molar-refractivity contribution in [3.8, 4) is 11.5 Å². The topological polar surface area (TPSA) is 93.8 Å². The van der Waals surface area contributed by atoms with Gasteiger partial charge in [0.2, 0.25) is 5.91 Å². The standard InChI is InChI=1S/C27H32N2O4/c1-20(10-11-21-12-14-23(15-13-21)27(28)31)29-17-24(30)19-33-26-9-5-8-25(16-26)32-18-22-6-3-2-4-7-22/h2-9,12-16,20,24,29-30H,10-11,17-19H2,1H3,(H2,28,31)/t20-,24?/m1/s1. The van der Waals surface area contributed by atoms with Crippen LogP contribution in [-0.2, 0) is 13.0 Å². The Kier molecular flexibility index (Phi) is 9.30. The first-order valence-corrected chi connectivity index (χ1v) is 11.2. The highest BCUT2D eigenvalue weighted by Crippen LogP contribution is 2.20. The Morgan fingerprint density at radius 2 is 1.64 bits per heavy atom. The lowest BCUT2D eigenvalue weighted by molar-refractivity contribution is 0.1000. The number of carbonyl (C=O) groups excluding carboxylic acids is 1. The van der Waals surface area contributed by atoms with E-state index in [9.17, 15) is 9.90 Å². The number of ether oxygens (including phenoxy) is 2. The van der Waals surface area contributed by atoms with Crippen LogP contribution in [0, 0.1) is 0 Å². The summed E-state index contributed by atoms with van der Waals surface area (Å²) >= 11 is 0. The van der Waals surface area contributed by atoms with Gasteiger partial charge in [-0.3, -0.25) is 4.79 Å². The lowest BCUT2D eigenvalue weighted by Gasteiger charge is -2.18. The van der Waals surface area contributed by atoms with Gasteiger partial charge in [-0.05, 0) is 55.2 Å². The first kappa shape index (κ1) is 24.3. The molecule has 0 bridgehead atoms. The second-order valence-electron chi connectivity index (χ2n) is 8.12. The number of rotatable bonds is 13. The maximum absolute atomic E-state index is 11.1. The third-order valence-corrected chi connectivity index (χ3v) is 5.30. The monoisotopic (exact) mass is 448 g/mol. The largest absolute Gasteiger partial charge is 0.491 e. The summed E-state index contributed by atoms with van der Waals surface area (Å²) in [6.07, 6.45) is 1.15. The molecule has 0 saturated heterocycles. The van der Waals surface area contributed by atoms with Gasteiger partial charge in [-0.1, -0.05) is 48.5 Å². The molecule has 6 nitrogen and oxygen atoms in total. The molecule has 174 valence electrons. The Hall–Kier alpha value is -3.35. The van der Waals surface area contributed by atoms with Crippen molar-refractivity contribution in [1.82, 2.24) is 5.32 Å². The van der Waals surface area contributed by atoms with Gasteiger partial charge in [0.05, 0.1) is 0 Å². The van der Waals surface area contributed by atoms with E-state index in [2.05, 4.69) is 12.2 Å². The minimum absolute atomic E-state index is 0.191. The van der Waals surface area contributed by atoms with Crippen LogP contribution in [0.5, 0.6) is 11.5 Å². The van der Waals surface area contributed by atoms with Gasteiger partial charge >= 0.3 is 0 Å². The molecule has 0 saturated carbocycles. The number of aliphatic hydroxyl groups excluding tert-OH is 1. The van der Waals surface area contributed by atoms with Gasteiger partial charge in [-0.2, -0.15) is 0 Å². The highest BCUT2D eigenvalue weighted by Gasteiger charge is 2.09. The normalized spacial score (nSPS) is 12.7. The molecule has 6 heteroatoms. The molecule has 0 aromatic heterocycles. The van der Waals surface area contributed by atoms with Crippen molar-refractivity contribution >= 4 is 5.91 Å². The number of benzene rings is 3. The number of nitrogens with one attached hydrogen (secondary N) is 1. The quantitative estimate of drug-likeness (QED) is 0.371. The fourth-order valence-corrected chi connectivity index (χ4v) is 3.30. The third-order valence-electron chi connectivity index (χ3n) is 5.30. The third kappa shape index (κ3) is 8.60. The molecular formula is C27H32N2O4. The molecule has 33 heavy (non-hydrogen) atoms. The van der Waals surface area contributed by atoms with Gasteiger partial charge in [0.25, 0.3) is 0 Å². The van der Waals surface area contributed by atoms with Gasteiger partial charge in [-0.25, -0.2) is 0 Å². The first-order chi connectivity index (χ1) is 16.0. The van der Waals surface area contributed by atoms with Crippen molar-refractivity contribution in [2.75, 3.05) is 13.2 Å². The van der Waals surface area contributed by atoms with Gasteiger partial charge in [0.1, 0.15) is 30.8 Å². The van der Waals surface area contributed by atoms with Crippen molar-refractivity contribution in [3.63, 3.8) is 0 Å². The molecule has 0 aliphatic carbocycles. The van der Waals surface area contributed by atoms with Crippen molar-refractivity contribution < 1.29 is 19.4 Å². The number of aryl methyl sites for hydroxylation is 1. The second kappa shape index (κ2) is 12.6. The molecule has 0 aliphatic rings. The van der Waals surface area contributed by atoms with Gasteiger partial charge < -0.3 is 25.6 Å². The van der Waals surface area contributed by atoms with Crippen LogP contribution in [0.3, 0.4) is 0 Å². The summed E-state index contributed by atoms with van der Waals surface area (Å²) in [5, 5.41) is 13.6. The number of carbonyl (C=O) groups is 1. The van der Waals surface area contributed by atoms with Crippen molar-refractivity contribution in [1.29, 1.82) is 0 Å². The van der Waals surface area contributed by atoms with E-state index in [0.29, 0.717) is 24.5 Å². The molecule has 3 rings (SSSR count). The molecule has 0 heterocycles. The predicted octanol–water partition coefficient (Wildman–Crippen LogP) is 3.72. The molecule has 1 amide bonds. The number of hydrogen-bond donors (Lipinski definition) is 3. The Labute approximate surface area is 195 Å².